The first-order valence-electron chi connectivity index (χ1n) is 9.59. The third kappa shape index (κ3) is 3.40. The maximum atomic E-state index is 12.7. The molecule has 2 aromatic carbocycles. The first-order chi connectivity index (χ1) is 13.6. The maximum Gasteiger partial charge on any atom is 0.321 e. The molecule has 28 heavy (non-hydrogen) atoms. The fourth-order valence-corrected chi connectivity index (χ4v) is 3.84. The van der Waals surface area contributed by atoms with E-state index in [0.717, 1.165) is 47.9 Å². The molecule has 0 saturated carbocycles. The number of carbonyl (C=O) groups is 1. The van der Waals surface area contributed by atoms with E-state index >= 15 is 0 Å². The van der Waals surface area contributed by atoms with Gasteiger partial charge in [-0.2, -0.15) is 0 Å². The van der Waals surface area contributed by atoms with E-state index in [1.54, 1.807) is 0 Å². The monoisotopic (exact) mass is 397 g/mol. The van der Waals surface area contributed by atoms with Gasteiger partial charge in [0, 0.05) is 43.4 Å². The van der Waals surface area contributed by atoms with Crippen LogP contribution in [0, 0.1) is 6.92 Å². The van der Waals surface area contributed by atoms with E-state index in [0.29, 0.717) is 18.1 Å². The molecule has 1 fully saturated rings. The highest BCUT2D eigenvalue weighted by Gasteiger charge is 2.25. The van der Waals surface area contributed by atoms with Crippen molar-refractivity contribution in [3.8, 4) is 0 Å². The lowest BCUT2D eigenvalue weighted by Crippen LogP contribution is -2.50. The number of aryl methyl sites for hydroxylation is 1. The van der Waals surface area contributed by atoms with Crippen molar-refractivity contribution in [1.82, 2.24) is 14.5 Å². The normalized spacial score (nSPS) is 14.5. The highest BCUT2D eigenvalue weighted by atomic mass is 35.5. The van der Waals surface area contributed by atoms with Crippen LogP contribution in [0.1, 0.15) is 12.5 Å². The molecule has 1 saturated heterocycles. The maximum absolute atomic E-state index is 12.7. The Morgan fingerprint density at radius 3 is 2.61 bits per heavy atom. The topological polar surface area (TPSA) is 53.4 Å². The molecule has 0 atom stereocenters. The van der Waals surface area contributed by atoms with Gasteiger partial charge in [0.1, 0.15) is 0 Å². The van der Waals surface area contributed by atoms with Gasteiger partial charge in [-0.05, 0) is 43.7 Å². The molecule has 6 nitrogen and oxygen atoms in total. The summed E-state index contributed by atoms with van der Waals surface area (Å²) in [6.07, 6.45) is 0. The first-order valence-corrected chi connectivity index (χ1v) is 9.97. The van der Waals surface area contributed by atoms with Crippen molar-refractivity contribution in [1.29, 1.82) is 0 Å². The average Bonchev–Trinajstić information content (AvgIpc) is 3.10. The molecule has 0 radical (unpaired) electrons. The van der Waals surface area contributed by atoms with Crippen molar-refractivity contribution in [3.63, 3.8) is 0 Å². The zero-order chi connectivity index (χ0) is 19.7. The second-order valence-corrected chi connectivity index (χ2v) is 7.37. The van der Waals surface area contributed by atoms with E-state index < -0.39 is 0 Å². The van der Waals surface area contributed by atoms with E-state index in [9.17, 15) is 4.79 Å². The van der Waals surface area contributed by atoms with Crippen LogP contribution in [-0.2, 0) is 6.54 Å². The molecule has 2 amide bonds. The van der Waals surface area contributed by atoms with Gasteiger partial charge in [-0.25, -0.2) is 9.78 Å². The number of halogens is 1. The molecule has 0 spiro atoms. The number of imidazole rings is 1. The zero-order valence-electron chi connectivity index (χ0n) is 16.2. The second kappa shape index (κ2) is 7.72. The Morgan fingerprint density at radius 2 is 1.86 bits per heavy atom. The fourth-order valence-electron chi connectivity index (χ4n) is 3.66. The Labute approximate surface area is 169 Å². The minimum absolute atomic E-state index is 0.0889. The van der Waals surface area contributed by atoms with Crippen LogP contribution in [0.15, 0.2) is 42.5 Å². The van der Waals surface area contributed by atoms with E-state index in [4.69, 9.17) is 16.6 Å². The van der Waals surface area contributed by atoms with Crippen molar-refractivity contribution in [2.45, 2.75) is 20.4 Å². The molecular formula is C21H24ClN5O. The number of benzene rings is 2. The molecule has 7 heteroatoms. The number of amides is 2. The van der Waals surface area contributed by atoms with Gasteiger partial charge in [-0.1, -0.05) is 29.8 Å². The van der Waals surface area contributed by atoms with Gasteiger partial charge < -0.3 is 19.7 Å². The number of aromatic nitrogens is 2. The number of hydrogen-bond acceptors (Lipinski definition) is 3. The van der Waals surface area contributed by atoms with Crippen molar-refractivity contribution < 1.29 is 4.79 Å². The summed E-state index contributed by atoms with van der Waals surface area (Å²) >= 11 is 6.15. The van der Waals surface area contributed by atoms with Crippen LogP contribution in [0.2, 0.25) is 5.02 Å². The summed E-state index contributed by atoms with van der Waals surface area (Å²) in [4.78, 5) is 21.6. The lowest BCUT2D eigenvalue weighted by Gasteiger charge is -2.35. The first kappa shape index (κ1) is 18.6. The molecule has 1 aliphatic heterocycles. The molecule has 1 aliphatic rings. The molecular weight excluding hydrogens is 374 g/mol. The molecule has 0 unspecified atom stereocenters. The lowest BCUT2D eigenvalue weighted by atomic mass is 10.2. The Hall–Kier alpha value is -2.73. The summed E-state index contributed by atoms with van der Waals surface area (Å²) in [5.74, 6) is 0.981. The minimum Gasteiger partial charge on any atom is -0.339 e. The van der Waals surface area contributed by atoms with Crippen molar-refractivity contribution in [3.05, 3.63) is 53.1 Å². The van der Waals surface area contributed by atoms with Crippen molar-refractivity contribution in [2.24, 2.45) is 0 Å². The summed E-state index contributed by atoms with van der Waals surface area (Å²) in [5, 5.41) is 3.64. The van der Waals surface area contributed by atoms with Gasteiger partial charge >= 0.3 is 6.03 Å². The quantitative estimate of drug-likeness (QED) is 0.713. The summed E-state index contributed by atoms with van der Waals surface area (Å²) in [6.45, 7) is 7.72. The third-order valence-corrected chi connectivity index (χ3v) is 5.72. The van der Waals surface area contributed by atoms with Crippen LogP contribution in [0.3, 0.4) is 0 Å². The predicted molar refractivity (Wildman–Crippen MR) is 114 cm³/mol. The molecule has 1 aromatic heterocycles. The Morgan fingerprint density at radius 1 is 1.11 bits per heavy atom. The lowest BCUT2D eigenvalue weighted by molar-refractivity contribution is 0.208. The van der Waals surface area contributed by atoms with E-state index in [1.165, 1.54) is 0 Å². The SMILES string of the molecule is CCn1c(N2CCN(C(=O)Nc3cccc(Cl)c3C)CC2)nc2ccccc21. The predicted octanol–water partition coefficient (Wildman–Crippen LogP) is 4.37. The van der Waals surface area contributed by atoms with Crippen LogP contribution in [0.4, 0.5) is 16.4 Å². The molecule has 3 aromatic rings. The summed E-state index contributed by atoms with van der Waals surface area (Å²) in [5.41, 5.74) is 3.80. The molecule has 2 heterocycles. The fraction of sp³-hybridized carbons (Fsp3) is 0.333. The number of para-hydroxylation sites is 2. The summed E-state index contributed by atoms with van der Waals surface area (Å²) in [6, 6.07) is 13.7. The minimum atomic E-state index is -0.0889. The van der Waals surface area contributed by atoms with E-state index in [2.05, 4.69) is 27.8 Å². The number of hydrogen-bond donors (Lipinski definition) is 1. The number of rotatable bonds is 3. The van der Waals surface area contributed by atoms with Gasteiger partial charge in [0.2, 0.25) is 5.95 Å². The average molecular weight is 398 g/mol. The van der Waals surface area contributed by atoms with Gasteiger partial charge in [-0.15, -0.1) is 0 Å². The van der Waals surface area contributed by atoms with Crippen LogP contribution in [0.25, 0.3) is 11.0 Å². The summed E-state index contributed by atoms with van der Waals surface area (Å²) in [7, 11) is 0. The molecule has 0 bridgehead atoms. The number of carbonyl (C=O) groups excluding carboxylic acids is 1. The van der Waals surface area contributed by atoms with Crippen LogP contribution in [0.5, 0.6) is 0 Å². The largest absolute Gasteiger partial charge is 0.339 e. The van der Waals surface area contributed by atoms with Gasteiger partial charge in [0.15, 0.2) is 0 Å². The number of fused-ring (bicyclic) bond motifs is 1. The molecule has 4 rings (SSSR count). The number of nitrogens with one attached hydrogen (secondary N) is 1. The van der Waals surface area contributed by atoms with Gasteiger partial charge in [-0.3, -0.25) is 0 Å². The van der Waals surface area contributed by atoms with Gasteiger partial charge in [0.25, 0.3) is 0 Å². The Kier molecular flexibility index (Phi) is 5.13. The zero-order valence-corrected chi connectivity index (χ0v) is 16.9. The Bertz CT molecular complexity index is 1010. The van der Waals surface area contributed by atoms with Crippen molar-refractivity contribution in [2.75, 3.05) is 36.4 Å². The van der Waals surface area contributed by atoms with Crippen LogP contribution in [-0.4, -0.2) is 46.7 Å². The second-order valence-electron chi connectivity index (χ2n) is 6.96. The van der Waals surface area contributed by atoms with E-state index in [1.807, 2.05) is 48.2 Å². The summed E-state index contributed by atoms with van der Waals surface area (Å²) < 4.78 is 2.24. The van der Waals surface area contributed by atoms with Gasteiger partial charge in [0.05, 0.1) is 11.0 Å². The Balaban J connectivity index is 1.45. The smallest absolute Gasteiger partial charge is 0.321 e. The molecule has 1 N–H and O–H groups in total. The number of piperazine rings is 1. The molecule has 146 valence electrons. The third-order valence-electron chi connectivity index (χ3n) is 5.31. The van der Waals surface area contributed by atoms with Crippen LogP contribution < -0.4 is 10.2 Å². The highest BCUT2D eigenvalue weighted by molar-refractivity contribution is 6.31. The number of nitrogens with zero attached hydrogens (tertiary/aromatic N) is 4. The van der Waals surface area contributed by atoms with E-state index in [-0.39, 0.29) is 6.03 Å². The number of anilines is 2. The van der Waals surface area contributed by atoms with Crippen LogP contribution >= 0.6 is 11.6 Å². The highest BCUT2D eigenvalue weighted by Crippen LogP contribution is 2.25. The molecule has 0 aliphatic carbocycles. The number of urea groups is 1. The standard InChI is InChI=1S/C21H24ClN5O/c1-3-27-19-10-5-4-8-18(19)23-20(27)25-11-13-26(14-12-25)21(28)24-17-9-6-7-16(22)15(17)2/h4-10H,3,11-14H2,1-2H3,(H,24,28). The van der Waals surface area contributed by atoms with Crippen molar-refractivity contribution >= 4 is 40.3 Å².